The van der Waals surface area contributed by atoms with Gasteiger partial charge in [-0.25, -0.2) is 9.98 Å². The summed E-state index contributed by atoms with van der Waals surface area (Å²) in [7, 11) is 1.63. The maximum Gasteiger partial charge on any atom is 0.251 e. The number of carbonyl (C=O) groups is 1. The van der Waals surface area contributed by atoms with Crippen molar-refractivity contribution in [3.05, 3.63) is 77.7 Å². The van der Waals surface area contributed by atoms with Gasteiger partial charge in [-0.2, -0.15) is 0 Å². The number of rotatable bonds is 8. The van der Waals surface area contributed by atoms with Crippen LogP contribution in [0.1, 0.15) is 28.5 Å². The molecule has 0 saturated heterocycles. The third-order valence-electron chi connectivity index (χ3n) is 4.44. The molecular formula is C23H28IN5O2. The summed E-state index contributed by atoms with van der Waals surface area (Å²) in [6.07, 6.45) is 2.41. The molecule has 31 heavy (non-hydrogen) atoms. The molecule has 0 atom stereocenters. The summed E-state index contributed by atoms with van der Waals surface area (Å²) in [5.74, 6) is 1.22. The smallest absolute Gasteiger partial charge is 0.251 e. The number of aliphatic imine (C=N–C) groups is 1. The lowest BCUT2D eigenvalue weighted by Gasteiger charge is -2.11. The van der Waals surface area contributed by atoms with E-state index in [1.54, 1.807) is 13.3 Å². The molecule has 7 nitrogen and oxygen atoms in total. The summed E-state index contributed by atoms with van der Waals surface area (Å²) in [5, 5.41) is 9.20. The molecular weight excluding hydrogens is 505 g/mol. The largest absolute Gasteiger partial charge is 0.444 e. The van der Waals surface area contributed by atoms with Crippen molar-refractivity contribution in [2.75, 3.05) is 20.1 Å². The van der Waals surface area contributed by atoms with Gasteiger partial charge in [-0.15, -0.1) is 24.0 Å². The Morgan fingerprint density at radius 1 is 1.10 bits per heavy atom. The molecule has 0 fully saturated rings. The van der Waals surface area contributed by atoms with E-state index in [0.29, 0.717) is 30.5 Å². The number of halogens is 1. The van der Waals surface area contributed by atoms with Crippen molar-refractivity contribution in [2.24, 2.45) is 4.99 Å². The van der Waals surface area contributed by atoms with E-state index in [1.807, 2.05) is 61.5 Å². The molecule has 3 rings (SSSR count). The van der Waals surface area contributed by atoms with Crippen LogP contribution in [0.25, 0.3) is 11.5 Å². The molecule has 8 heteroatoms. The van der Waals surface area contributed by atoms with Crippen LogP contribution in [0.15, 0.2) is 70.3 Å². The third-order valence-corrected chi connectivity index (χ3v) is 4.44. The number of amides is 1. The molecule has 1 amide bonds. The molecule has 3 aromatic rings. The topological polar surface area (TPSA) is 91.6 Å². The van der Waals surface area contributed by atoms with Gasteiger partial charge in [0.05, 0.1) is 6.54 Å². The van der Waals surface area contributed by atoms with Gasteiger partial charge in [0.2, 0.25) is 5.89 Å². The highest BCUT2D eigenvalue weighted by atomic mass is 127. The highest BCUT2D eigenvalue weighted by Gasteiger charge is 2.07. The van der Waals surface area contributed by atoms with E-state index in [1.165, 1.54) is 0 Å². The van der Waals surface area contributed by atoms with Gasteiger partial charge in [-0.3, -0.25) is 4.79 Å². The number of guanidine groups is 1. The first-order valence-electron chi connectivity index (χ1n) is 10.0. The molecule has 2 aromatic carbocycles. The van der Waals surface area contributed by atoms with Crippen molar-refractivity contribution in [3.8, 4) is 11.5 Å². The quantitative estimate of drug-likeness (QED) is 0.234. The van der Waals surface area contributed by atoms with Crippen molar-refractivity contribution < 1.29 is 9.21 Å². The predicted molar refractivity (Wildman–Crippen MR) is 134 cm³/mol. The maximum atomic E-state index is 11.8. The third kappa shape index (κ3) is 7.39. The van der Waals surface area contributed by atoms with Gasteiger partial charge >= 0.3 is 0 Å². The van der Waals surface area contributed by atoms with Gasteiger partial charge in [-0.1, -0.05) is 30.3 Å². The number of benzene rings is 2. The normalized spacial score (nSPS) is 10.8. The van der Waals surface area contributed by atoms with E-state index in [4.69, 9.17) is 4.42 Å². The van der Waals surface area contributed by atoms with Crippen molar-refractivity contribution in [2.45, 2.75) is 19.9 Å². The number of nitrogens with zero attached hydrogens (tertiary/aromatic N) is 2. The summed E-state index contributed by atoms with van der Waals surface area (Å²) in [5.41, 5.74) is 3.46. The Kier molecular flexibility index (Phi) is 10.0. The molecule has 0 saturated carbocycles. The van der Waals surface area contributed by atoms with Crippen molar-refractivity contribution in [1.82, 2.24) is 20.9 Å². The minimum absolute atomic E-state index is 0. The summed E-state index contributed by atoms with van der Waals surface area (Å²) in [4.78, 5) is 20.9. The van der Waals surface area contributed by atoms with Gasteiger partial charge in [0.1, 0.15) is 12.0 Å². The van der Waals surface area contributed by atoms with Crippen LogP contribution in [0.2, 0.25) is 0 Å². The van der Waals surface area contributed by atoms with Crippen LogP contribution < -0.4 is 16.0 Å². The van der Waals surface area contributed by atoms with Crippen LogP contribution in [0, 0.1) is 0 Å². The number of nitrogens with one attached hydrogen (secondary N) is 3. The van der Waals surface area contributed by atoms with E-state index in [-0.39, 0.29) is 29.9 Å². The van der Waals surface area contributed by atoms with Gasteiger partial charge in [0.15, 0.2) is 5.96 Å². The zero-order chi connectivity index (χ0) is 21.2. The molecule has 0 radical (unpaired) electrons. The van der Waals surface area contributed by atoms with Crippen LogP contribution >= 0.6 is 24.0 Å². The molecule has 3 N–H and O–H groups in total. The van der Waals surface area contributed by atoms with Gasteiger partial charge in [-0.05, 0) is 43.2 Å². The number of aromatic nitrogens is 1. The van der Waals surface area contributed by atoms with Gasteiger partial charge < -0.3 is 20.4 Å². The predicted octanol–water partition coefficient (Wildman–Crippen LogP) is 3.62. The molecule has 1 aromatic heterocycles. The Labute approximate surface area is 199 Å². The lowest BCUT2D eigenvalue weighted by Crippen LogP contribution is -2.38. The molecule has 0 aliphatic carbocycles. The Morgan fingerprint density at radius 2 is 1.90 bits per heavy atom. The summed E-state index contributed by atoms with van der Waals surface area (Å²) in [6, 6.07) is 17.4. The van der Waals surface area contributed by atoms with Crippen LogP contribution in [0.4, 0.5) is 0 Å². The Morgan fingerprint density at radius 3 is 2.65 bits per heavy atom. The van der Waals surface area contributed by atoms with Gasteiger partial charge in [0, 0.05) is 31.3 Å². The number of carbonyl (C=O) groups excluding carboxylic acids is 1. The second kappa shape index (κ2) is 12.7. The molecule has 164 valence electrons. The Hall–Kier alpha value is -2.88. The second-order valence-corrected chi connectivity index (χ2v) is 6.66. The summed E-state index contributed by atoms with van der Waals surface area (Å²) in [6.45, 7) is 3.88. The first kappa shape index (κ1) is 24.4. The van der Waals surface area contributed by atoms with Crippen LogP contribution in [-0.2, 0) is 13.0 Å². The lowest BCUT2D eigenvalue weighted by atomic mass is 10.1. The van der Waals surface area contributed by atoms with E-state index < -0.39 is 0 Å². The van der Waals surface area contributed by atoms with Crippen molar-refractivity contribution >= 4 is 35.8 Å². The molecule has 0 unspecified atom stereocenters. The lowest BCUT2D eigenvalue weighted by molar-refractivity contribution is 0.0963. The van der Waals surface area contributed by atoms with Crippen LogP contribution in [0.3, 0.4) is 0 Å². The average molecular weight is 533 g/mol. The summed E-state index contributed by atoms with van der Waals surface area (Å²) < 4.78 is 5.57. The van der Waals surface area contributed by atoms with Crippen molar-refractivity contribution in [1.29, 1.82) is 0 Å². The maximum absolute atomic E-state index is 11.8. The SMILES string of the molecule is CCNC(=NCc1coc(-c2ccccc2)n1)NCCc1cccc(C(=O)NC)c1.I. The number of hydrogen-bond acceptors (Lipinski definition) is 4. The first-order chi connectivity index (χ1) is 14.7. The van der Waals surface area contributed by atoms with Crippen molar-refractivity contribution in [3.63, 3.8) is 0 Å². The minimum Gasteiger partial charge on any atom is -0.444 e. The van der Waals surface area contributed by atoms with Crippen LogP contribution in [-0.4, -0.2) is 37.0 Å². The van der Waals surface area contributed by atoms with E-state index >= 15 is 0 Å². The molecule has 0 aliphatic rings. The number of hydrogen-bond donors (Lipinski definition) is 3. The van der Waals surface area contributed by atoms with Crippen LogP contribution in [0.5, 0.6) is 0 Å². The molecule has 1 heterocycles. The monoisotopic (exact) mass is 533 g/mol. The molecule has 0 spiro atoms. The standard InChI is InChI=1S/C23H27N5O2.HI/c1-3-25-23(26-13-12-17-8-7-11-19(14-17)21(29)24-2)27-15-20-16-30-22(28-20)18-9-5-4-6-10-18;/h4-11,14,16H,3,12-13,15H2,1-2H3,(H,24,29)(H2,25,26,27);1H. The fourth-order valence-electron chi connectivity index (χ4n) is 2.93. The number of oxazole rings is 1. The highest BCUT2D eigenvalue weighted by molar-refractivity contribution is 14.0. The summed E-state index contributed by atoms with van der Waals surface area (Å²) >= 11 is 0. The van der Waals surface area contributed by atoms with Gasteiger partial charge in [0.25, 0.3) is 5.91 Å². The highest BCUT2D eigenvalue weighted by Crippen LogP contribution is 2.18. The molecule has 0 bridgehead atoms. The Bertz CT molecular complexity index is 988. The van der Waals surface area contributed by atoms with E-state index in [0.717, 1.165) is 29.8 Å². The zero-order valence-corrected chi connectivity index (χ0v) is 20.1. The minimum atomic E-state index is -0.0813. The average Bonchev–Trinajstić information content (AvgIpc) is 3.27. The zero-order valence-electron chi connectivity index (χ0n) is 17.7. The fraction of sp³-hybridized carbons (Fsp3) is 0.261. The van der Waals surface area contributed by atoms with E-state index in [9.17, 15) is 4.79 Å². The Balaban J connectivity index is 0.00000341. The van der Waals surface area contributed by atoms with E-state index in [2.05, 4.69) is 25.9 Å². The molecule has 0 aliphatic heterocycles. The fourth-order valence-corrected chi connectivity index (χ4v) is 2.93. The first-order valence-corrected chi connectivity index (χ1v) is 10.0. The second-order valence-electron chi connectivity index (χ2n) is 6.66.